The van der Waals surface area contributed by atoms with Crippen LogP contribution < -0.4 is 5.32 Å². The first-order chi connectivity index (χ1) is 6.42. The molecule has 5 rings (SSSR count). The van der Waals surface area contributed by atoms with Gasteiger partial charge in [-0.3, -0.25) is 0 Å². The van der Waals surface area contributed by atoms with Crippen LogP contribution >= 0.6 is 12.4 Å². The van der Waals surface area contributed by atoms with Crippen LogP contribution in [0, 0.1) is 47.3 Å². The zero-order chi connectivity index (χ0) is 8.32. The van der Waals surface area contributed by atoms with E-state index in [9.17, 15) is 0 Å². The normalized spacial score (nSPS) is 73.9. The first-order valence-electron chi connectivity index (χ1n) is 6.09. The van der Waals surface area contributed by atoms with Gasteiger partial charge in [0.15, 0.2) is 0 Å². The quantitative estimate of drug-likeness (QED) is 0.697. The summed E-state index contributed by atoms with van der Waals surface area (Å²) in [7, 11) is 2.20. The van der Waals surface area contributed by atoms with Crippen molar-refractivity contribution < 1.29 is 0 Å². The molecule has 2 bridgehead atoms. The Labute approximate surface area is 91.4 Å². The molecule has 78 valence electrons. The third-order valence-corrected chi connectivity index (χ3v) is 6.66. The Kier molecular flexibility index (Phi) is 1.30. The maximum Gasteiger partial charge on any atom is 0.0132 e. The summed E-state index contributed by atoms with van der Waals surface area (Å²) < 4.78 is 0. The van der Waals surface area contributed by atoms with Crippen LogP contribution in [0.3, 0.4) is 0 Å². The topological polar surface area (TPSA) is 12.0 Å². The molecule has 5 saturated carbocycles. The van der Waals surface area contributed by atoms with Crippen LogP contribution in [-0.2, 0) is 0 Å². The second-order valence-electron chi connectivity index (χ2n) is 6.25. The molecule has 0 saturated heterocycles. The second-order valence-corrected chi connectivity index (χ2v) is 6.25. The van der Waals surface area contributed by atoms with Crippen molar-refractivity contribution in [3.63, 3.8) is 0 Å². The molecule has 9 unspecified atom stereocenters. The lowest BCUT2D eigenvalue weighted by Gasteiger charge is -2.47. The van der Waals surface area contributed by atoms with Gasteiger partial charge in [0.2, 0.25) is 0 Å². The van der Waals surface area contributed by atoms with Crippen LogP contribution in [0.15, 0.2) is 0 Å². The van der Waals surface area contributed by atoms with E-state index in [1.165, 1.54) is 35.5 Å². The van der Waals surface area contributed by atoms with Crippen molar-refractivity contribution in [2.45, 2.75) is 18.9 Å². The molecular weight excluding hydrogens is 194 g/mol. The molecule has 0 spiro atoms. The Morgan fingerprint density at radius 3 is 2.14 bits per heavy atom. The van der Waals surface area contributed by atoms with E-state index in [0.717, 1.165) is 17.9 Å². The van der Waals surface area contributed by atoms with Gasteiger partial charge in [0.1, 0.15) is 0 Å². The highest BCUT2D eigenvalue weighted by molar-refractivity contribution is 5.85. The fourth-order valence-corrected chi connectivity index (χ4v) is 6.86. The van der Waals surface area contributed by atoms with E-state index in [4.69, 9.17) is 0 Å². The Morgan fingerprint density at radius 2 is 1.43 bits per heavy atom. The van der Waals surface area contributed by atoms with E-state index in [1.807, 2.05) is 0 Å². The molecule has 0 heterocycles. The van der Waals surface area contributed by atoms with E-state index in [1.54, 1.807) is 12.8 Å². The Hall–Kier alpha value is 0.250. The summed E-state index contributed by atoms with van der Waals surface area (Å²) in [4.78, 5) is 0. The molecular formula is C12H18ClN. The van der Waals surface area contributed by atoms with E-state index in [0.29, 0.717) is 0 Å². The maximum atomic E-state index is 3.64. The van der Waals surface area contributed by atoms with E-state index >= 15 is 0 Å². The zero-order valence-electron chi connectivity index (χ0n) is 8.52. The summed E-state index contributed by atoms with van der Waals surface area (Å²) in [5, 5.41) is 3.64. The Bertz CT molecular complexity index is 299. The summed E-state index contributed by atoms with van der Waals surface area (Å²) in [6.45, 7) is 0. The molecule has 0 radical (unpaired) electrons. The number of hydrogen-bond acceptors (Lipinski definition) is 1. The molecule has 0 aromatic carbocycles. The van der Waals surface area contributed by atoms with Crippen LogP contribution in [0.4, 0.5) is 0 Å². The lowest BCUT2D eigenvalue weighted by Crippen LogP contribution is -2.50. The first-order valence-corrected chi connectivity index (χ1v) is 6.09. The van der Waals surface area contributed by atoms with Gasteiger partial charge >= 0.3 is 0 Å². The largest absolute Gasteiger partial charge is 0.316 e. The van der Waals surface area contributed by atoms with Crippen molar-refractivity contribution in [3.8, 4) is 0 Å². The van der Waals surface area contributed by atoms with E-state index < -0.39 is 0 Å². The smallest absolute Gasteiger partial charge is 0.0132 e. The molecule has 1 N–H and O–H groups in total. The fraction of sp³-hybridized carbons (Fsp3) is 1.00. The maximum absolute atomic E-state index is 3.64. The van der Waals surface area contributed by atoms with Crippen molar-refractivity contribution in [1.82, 2.24) is 5.32 Å². The molecule has 0 aromatic rings. The molecule has 0 aliphatic heterocycles. The molecule has 14 heavy (non-hydrogen) atoms. The van der Waals surface area contributed by atoms with Gasteiger partial charge in [0.25, 0.3) is 0 Å². The van der Waals surface area contributed by atoms with Gasteiger partial charge < -0.3 is 5.32 Å². The third-order valence-electron chi connectivity index (χ3n) is 6.66. The van der Waals surface area contributed by atoms with Crippen LogP contribution in [0.1, 0.15) is 12.8 Å². The van der Waals surface area contributed by atoms with Crippen LogP contribution in [0.2, 0.25) is 0 Å². The summed E-state index contributed by atoms with van der Waals surface area (Å²) >= 11 is 0. The van der Waals surface area contributed by atoms with Crippen molar-refractivity contribution in [2.24, 2.45) is 47.3 Å². The second kappa shape index (κ2) is 2.17. The van der Waals surface area contributed by atoms with Gasteiger partial charge in [0.05, 0.1) is 0 Å². The first kappa shape index (κ1) is 8.41. The van der Waals surface area contributed by atoms with Crippen LogP contribution in [-0.4, -0.2) is 13.1 Å². The van der Waals surface area contributed by atoms with Crippen LogP contribution in [0.25, 0.3) is 0 Å². The SMILES string of the molecule is CNC1C2C3CC4C5C3CC2C5C41.Cl. The van der Waals surface area contributed by atoms with Crippen molar-refractivity contribution in [1.29, 1.82) is 0 Å². The summed E-state index contributed by atoms with van der Waals surface area (Å²) in [5.74, 6) is 9.44. The molecule has 0 amide bonds. The summed E-state index contributed by atoms with van der Waals surface area (Å²) in [6, 6.07) is 0.947. The zero-order valence-corrected chi connectivity index (χ0v) is 9.34. The van der Waals surface area contributed by atoms with Gasteiger partial charge in [0, 0.05) is 6.04 Å². The Morgan fingerprint density at radius 1 is 0.786 bits per heavy atom. The van der Waals surface area contributed by atoms with E-state index in [2.05, 4.69) is 12.4 Å². The molecule has 0 aromatic heterocycles. The molecule has 5 fully saturated rings. The van der Waals surface area contributed by atoms with Crippen LogP contribution in [0.5, 0.6) is 0 Å². The van der Waals surface area contributed by atoms with Gasteiger partial charge in [-0.15, -0.1) is 12.4 Å². The predicted octanol–water partition coefficient (Wildman–Crippen LogP) is 1.77. The monoisotopic (exact) mass is 211 g/mol. The highest BCUT2D eigenvalue weighted by Crippen LogP contribution is 2.82. The number of hydrogen-bond donors (Lipinski definition) is 1. The summed E-state index contributed by atoms with van der Waals surface area (Å²) in [5.41, 5.74) is 0. The molecule has 9 atom stereocenters. The lowest BCUT2D eigenvalue weighted by molar-refractivity contribution is 0.0112. The predicted molar refractivity (Wildman–Crippen MR) is 57.2 cm³/mol. The van der Waals surface area contributed by atoms with E-state index in [-0.39, 0.29) is 12.4 Å². The molecule has 5 aliphatic rings. The van der Waals surface area contributed by atoms with Crippen molar-refractivity contribution in [2.75, 3.05) is 7.05 Å². The minimum absolute atomic E-state index is 0. The minimum Gasteiger partial charge on any atom is -0.316 e. The highest BCUT2D eigenvalue weighted by Gasteiger charge is 2.80. The minimum atomic E-state index is 0. The number of fused-ring (bicyclic) bond motifs is 2. The standard InChI is InChI=1S/C12H17N.ClH/c1-13-12-9-5-3-6-8-4(5)2-7(9)10(8)11(6)12;/h4-13H,2-3H2,1H3;1H. The molecule has 2 heteroatoms. The van der Waals surface area contributed by atoms with Crippen molar-refractivity contribution in [3.05, 3.63) is 0 Å². The van der Waals surface area contributed by atoms with Crippen molar-refractivity contribution >= 4 is 12.4 Å². The third kappa shape index (κ3) is 0.527. The van der Waals surface area contributed by atoms with Gasteiger partial charge in [-0.25, -0.2) is 0 Å². The van der Waals surface area contributed by atoms with Gasteiger partial charge in [-0.2, -0.15) is 0 Å². The average molecular weight is 212 g/mol. The van der Waals surface area contributed by atoms with Gasteiger partial charge in [-0.05, 0) is 67.2 Å². The molecule has 5 aliphatic carbocycles. The molecule has 1 nitrogen and oxygen atoms in total. The Balaban J connectivity index is 0.000000578. The number of rotatable bonds is 1. The summed E-state index contributed by atoms with van der Waals surface area (Å²) in [6.07, 6.45) is 3.27. The van der Waals surface area contributed by atoms with Gasteiger partial charge in [-0.1, -0.05) is 0 Å². The highest BCUT2D eigenvalue weighted by atomic mass is 35.5. The number of nitrogens with one attached hydrogen (secondary N) is 1. The average Bonchev–Trinajstić information content (AvgIpc) is 2.61. The number of halogens is 1. The lowest BCUT2D eigenvalue weighted by atomic mass is 9.59. The fourth-order valence-electron chi connectivity index (χ4n) is 6.86.